The summed E-state index contributed by atoms with van der Waals surface area (Å²) in [6.07, 6.45) is 3.36. The Morgan fingerprint density at radius 1 is 0.358 bits per heavy atom. The van der Waals surface area contributed by atoms with E-state index in [-0.39, 0.29) is 65.6 Å². The van der Waals surface area contributed by atoms with Crippen molar-refractivity contribution in [2.24, 2.45) is 94.6 Å². The van der Waals surface area contributed by atoms with Crippen LogP contribution < -0.4 is 30.2 Å². The Morgan fingerprint density at radius 3 is 0.842 bits per heavy atom. The van der Waals surface area contributed by atoms with E-state index in [1.807, 2.05) is 153 Å². The van der Waals surface area contributed by atoms with Gasteiger partial charge in [-0.05, 0) is 70.3 Å². The van der Waals surface area contributed by atoms with Crippen LogP contribution in [-0.2, 0) is 33.9 Å². The van der Waals surface area contributed by atoms with Crippen LogP contribution in [0.15, 0.2) is 0 Å². The molecule has 1 N–H and O–H groups in total. The Morgan fingerprint density at radius 2 is 0.625 bits per heavy atom. The highest BCUT2D eigenvalue weighted by Crippen LogP contribution is 2.48. The topological polar surface area (TPSA) is 301 Å². The molecule has 0 heterocycles. The zero-order valence-corrected chi connectivity index (χ0v) is 92.1. The molecule has 0 rings (SSSR count). The summed E-state index contributed by atoms with van der Waals surface area (Å²) in [5, 5.41) is 44.1. The number of carboxylic acid groups (broad SMARTS) is 4. The molecule has 0 aromatic heterocycles. The predicted octanol–water partition coefficient (Wildman–Crippen LogP) is 13.2. The van der Waals surface area contributed by atoms with E-state index in [9.17, 15) is 71.8 Å². The number of quaternary nitrogens is 7. The quantitative estimate of drug-likeness (QED) is 0.0397. The molecule has 22 nitrogen and oxygen atoms in total. The fraction of sp³-hybridized carbons (Fsp3) is 0.958. The molecular formula is C95H205N7O15P2S. The largest absolute Gasteiger partial charge is 0.825 e. The van der Waals surface area contributed by atoms with E-state index in [0.29, 0.717) is 58.5 Å². The van der Waals surface area contributed by atoms with Gasteiger partial charge in [-0.3, -0.25) is 0 Å². The van der Waals surface area contributed by atoms with Gasteiger partial charge in [0.15, 0.2) is 0 Å². The third-order valence-corrected chi connectivity index (χ3v) is 26.9. The van der Waals surface area contributed by atoms with Crippen LogP contribution in [0.25, 0.3) is 0 Å². The van der Waals surface area contributed by atoms with Crippen molar-refractivity contribution < 1.29 is 103 Å². The summed E-state index contributed by atoms with van der Waals surface area (Å²) in [5.74, 6) is -4.75. The van der Waals surface area contributed by atoms with Crippen molar-refractivity contribution in [3.8, 4) is 0 Å². The zero-order chi connectivity index (χ0) is 99.2. The molecule has 0 saturated carbocycles. The zero-order valence-electron chi connectivity index (χ0n) is 89.5. The first-order valence-corrected chi connectivity index (χ1v) is 48.9. The van der Waals surface area contributed by atoms with Crippen LogP contribution in [0.5, 0.6) is 0 Å². The standard InChI is InChI=1S/2C15H31NO2.C14H29NO2.C13H30NO3P.C13H29NO3S.C13H27NO2.C12H28NOP/c1-14(2,3)9-10-16(7,8)11-12(13(17)18)15(4,5)6;1-14(2,3)11-16(7,8)10-9-12(13(17)18)15(4,5)6;1-13(2,3)10-15(7,8)9-11(12(16)17)14(4,5)6;2*1-12(2,3)10-14(7,8)9-11(13(4,5)6)18(15,16)17;1-10(2)8-14(6,7)9-11(12(15)16)13(3,4)5;1-11(2,3)9-15(14)10-13(7,8)12(4,5)6/h2*12H,9-11H2,1-8H3;11H,9-10H2,1-8H3;11H,9-10H2,1-8H3,(H-,15,16,17);11H,9-10H2,1-8H3;10-11H,8-9H2,1-7H3;9-10H2,1-8H3. The summed E-state index contributed by atoms with van der Waals surface area (Å²) in [6, 6.07) is 0. The summed E-state index contributed by atoms with van der Waals surface area (Å²) >= 11 is 0. The van der Waals surface area contributed by atoms with Gasteiger partial charge in [0.2, 0.25) is 0 Å². The lowest BCUT2D eigenvalue weighted by atomic mass is 9.78. The van der Waals surface area contributed by atoms with Crippen LogP contribution in [0.3, 0.4) is 0 Å². The van der Waals surface area contributed by atoms with Crippen molar-refractivity contribution in [3.63, 3.8) is 0 Å². The maximum absolute atomic E-state index is 12.1. The number of carbonyl (C=O) groups is 4. The summed E-state index contributed by atoms with van der Waals surface area (Å²) in [5.41, 5.74) is -1.43. The van der Waals surface area contributed by atoms with Crippen molar-refractivity contribution in [1.82, 2.24) is 0 Å². The normalized spacial score (nSPS) is 16.4. The van der Waals surface area contributed by atoms with Gasteiger partial charge in [0.1, 0.15) is 23.0 Å². The third-order valence-electron chi connectivity index (χ3n) is 21.3. The average Bonchev–Trinajstić information content (AvgIpc) is 0.801. The van der Waals surface area contributed by atoms with E-state index in [4.69, 9.17) is 0 Å². The highest BCUT2D eigenvalue weighted by molar-refractivity contribution is 7.86. The molecule has 0 fully saturated rings. The summed E-state index contributed by atoms with van der Waals surface area (Å²) in [6.45, 7) is 93.7. The fourth-order valence-corrected chi connectivity index (χ4v) is 21.4. The van der Waals surface area contributed by atoms with Gasteiger partial charge in [-0.25, -0.2) is 8.42 Å². The minimum absolute atomic E-state index is 0.0958. The van der Waals surface area contributed by atoms with Crippen LogP contribution in [0.4, 0.5) is 0 Å². The van der Waals surface area contributed by atoms with Crippen molar-refractivity contribution in [2.75, 3.05) is 190 Å². The lowest BCUT2D eigenvalue weighted by molar-refractivity contribution is -0.925. The Bertz CT molecular complexity index is 3140. The SMILES string of the molecule is CC(C)(C)CC[N+](C)(C)CC(C(=O)[O-])C(C)(C)C.CC(C)(C)CP([O-])C[N+](C)(C)C(C)(C)C.CC(C)(C)C[N+](C)(C)CC(C(=O)[O-])C(C)(C)C.CC(C)(C)C[N+](C)(C)CC(C(C)(C)C)P(=O)([O-])O.CC(C)(C)C[N+](C)(C)CC(C(C)(C)C)S(=O)(=O)[O-].CC(C)(C)C[N+](C)(C)CCC(C(=O)[O-])C(C)(C)C.CC(C)C[N+](C)(C)CC(C(=O)[O-])C(C)(C)C. The van der Waals surface area contributed by atoms with Gasteiger partial charge in [-0.1, -0.05) is 263 Å². The monoisotopic (exact) mass is 1780 g/mol. The van der Waals surface area contributed by atoms with Crippen LogP contribution in [-0.4, -0.2) is 279 Å². The molecule has 0 aromatic carbocycles. The van der Waals surface area contributed by atoms with Crippen LogP contribution in [0.1, 0.15) is 297 Å². The van der Waals surface area contributed by atoms with Gasteiger partial charge in [-0.15, -0.1) is 8.15 Å². The van der Waals surface area contributed by atoms with Crippen LogP contribution >= 0.6 is 15.7 Å². The van der Waals surface area contributed by atoms with E-state index in [0.717, 1.165) is 82.6 Å². The van der Waals surface area contributed by atoms with Crippen molar-refractivity contribution in [1.29, 1.82) is 0 Å². The van der Waals surface area contributed by atoms with Gasteiger partial charge in [-0.2, -0.15) is 0 Å². The number of hydrogen-bond donors (Lipinski definition) is 1. The Balaban J connectivity index is -0.000000249. The maximum atomic E-state index is 12.1. The molecule has 0 amide bonds. The number of nitrogens with zero attached hydrogens (tertiary/aromatic N) is 7. The molecule has 0 bridgehead atoms. The van der Waals surface area contributed by atoms with Gasteiger partial charge < -0.3 is 94.8 Å². The number of carboxylic acids is 4. The molecule has 0 saturated heterocycles. The molecule has 0 radical (unpaired) electrons. The summed E-state index contributed by atoms with van der Waals surface area (Å²) < 4.78 is 50.9. The number of hydrogen-bond acceptors (Lipinski definition) is 14. The first-order chi connectivity index (χ1) is 51.1. The molecule has 0 aromatic rings. The molecule has 0 aliphatic carbocycles. The molecule has 0 aliphatic heterocycles. The summed E-state index contributed by atoms with van der Waals surface area (Å²) in [7, 11) is 19.5. The van der Waals surface area contributed by atoms with Crippen LogP contribution in [0.2, 0.25) is 0 Å². The lowest BCUT2D eigenvalue weighted by Gasteiger charge is -2.47. The second-order valence-electron chi connectivity index (χ2n) is 55.5. The second kappa shape index (κ2) is 47.6. The number of aliphatic carboxylic acids is 4. The van der Waals surface area contributed by atoms with Crippen LogP contribution in [0, 0.1) is 94.6 Å². The highest BCUT2D eigenvalue weighted by atomic mass is 32.2. The molecule has 8 atom stereocenters. The second-order valence-corrected chi connectivity index (χ2v) is 60.3. The molecule has 0 spiro atoms. The Labute approximate surface area is 746 Å². The van der Waals surface area contributed by atoms with Crippen molar-refractivity contribution in [2.45, 2.75) is 313 Å². The molecule has 0 aliphatic rings. The first kappa shape index (κ1) is 131. The van der Waals surface area contributed by atoms with E-state index < -0.39 is 89.2 Å². The van der Waals surface area contributed by atoms with Gasteiger partial charge in [0, 0.05) is 52.3 Å². The molecule has 25 heteroatoms. The van der Waals surface area contributed by atoms with Crippen molar-refractivity contribution >= 4 is 49.7 Å². The minimum atomic E-state index is -4.32. The molecule has 120 heavy (non-hydrogen) atoms. The molecule has 726 valence electrons. The van der Waals surface area contributed by atoms with Gasteiger partial charge in [0.05, 0.1) is 230 Å². The van der Waals surface area contributed by atoms with Crippen molar-refractivity contribution in [3.05, 3.63) is 0 Å². The van der Waals surface area contributed by atoms with E-state index >= 15 is 0 Å². The average molecular weight is 1780 g/mol. The smallest absolute Gasteiger partial charge is 0.141 e. The van der Waals surface area contributed by atoms with E-state index in [1.165, 1.54) is 0 Å². The first-order valence-electron chi connectivity index (χ1n) is 44.1. The maximum Gasteiger partial charge on any atom is 0.141 e. The van der Waals surface area contributed by atoms with E-state index in [1.54, 1.807) is 0 Å². The molecule has 8 unspecified atom stereocenters. The highest BCUT2D eigenvalue weighted by Gasteiger charge is 2.43. The summed E-state index contributed by atoms with van der Waals surface area (Å²) in [4.78, 5) is 78.1. The van der Waals surface area contributed by atoms with Gasteiger partial charge in [0.25, 0.3) is 0 Å². The lowest BCUT2D eigenvalue weighted by Crippen LogP contribution is -2.55. The predicted molar refractivity (Wildman–Crippen MR) is 498 cm³/mol. The number of rotatable bonds is 30. The van der Waals surface area contributed by atoms with Gasteiger partial charge >= 0.3 is 0 Å². The third kappa shape index (κ3) is 70.1. The van der Waals surface area contributed by atoms with E-state index in [2.05, 4.69) is 230 Å². The Hall–Kier alpha value is -1.95. The fourth-order valence-electron chi connectivity index (χ4n) is 15.9. The Kier molecular flexibility index (Phi) is 52.0. The minimum Gasteiger partial charge on any atom is -0.825 e. The number of carbonyl (C=O) groups excluding carboxylic acids is 4. The molecular weight excluding hydrogens is 1570 g/mol.